The Bertz CT molecular complexity index is 723. The molecule has 4 rings (SSSR count). The lowest BCUT2D eigenvalue weighted by Crippen LogP contribution is -2.43. The van der Waals surface area contributed by atoms with Gasteiger partial charge in [-0.05, 0) is 31.0 Å². The molecule has 2 aromatic heterocycles. The smallest absolute Gasteiger partial charge is 0.270 e. The van der Waals surface area contributed by atoms with E-state index in [9.17, 15) is 4.79 Å². The zero-order valence-electron chi connectivity index (χ0n) is 11.7. The second-order valence-electron chi connectivity index (χ2n) is 5.85. The van der Waals surface area contributed by atoms with Gasteiger partial charge in [-0.2, -0.15) is 0 Å². The summed E-state index contributed by atoms with van der Waals surface area (Å²) in [7, 11) is 0. The van der Waals surface area contributed by atoms with Crippen molar-refractivity contribution < 1.29 is 4.79 Å². The number of carbonyl (C=O) groups is 1. The van der Waals surface area contributed by atoms with Gasteiger partial charge in [0.2, 0.25) is 0 Å². The predicted molar refractivity (Wildman–Crippen MR) is 85.5 cm³/mol. The summed E-state index contributed by atoms with van der Waals surface area (Å²) >= 11 is 1.64. The van der Waals surface area contributed by atoms with Crippen LogP contribution < -0.4 is 5.32 Å². The summed E-state index contributed by atoms with van der Waals surface area (Å²) in [5, 5.41) is 4.22. The minimum absolute atomic E-state index is 0.0517. The lowest BCUT2D eigenvalue weighted by atomic mass is 10.00. The van der Waals surface area contributed by atoms with Crippen LogP contribution >= 0.6 is 11.3 Å². The van der Waals surface area contributed by atoms with Gasteiger partial charge in [-0.3, -0.25) is 9.78 Å². The van der Waals surface area contributed by atoms with Crippen molar-refractivity contribution in [2.45, 2.75) is 12.5 Å². The van der Waals surface area contributed by atoms with Gasteiger partial charge in [0.25, 0.3) is 5.91 Å². The first-order valence-corrected chi connectivity index (χ1v) is 8.10. The molecule has 3 atom stereocenters. The molecule has 2 bridgehead atoms. The third kappa shape index (κ3) is 2.26. The number of thiophene rings is 1. The monoisotopic (exact) mass is 299 g/mol. The molecule has 2 aromatic rings. The van der Waals surface area contributed by atoms with Crippen LogP contribution in [0.5, 0.6) is 0 Å². The number of nitrogens with one attached hydrogen (secondary N) is 1. The van der Waals surface area contributed by atoms with Gasteiger partial charge in [-0.25, -0.2) is 0 Å². The van der Waals surface area contributed by atoms with Gasteiger partial charge in [0.05, 0.1) is 0 Å². The Balaban J connectivity index is 1.54. The van der Waals surface area contributed by atoms with E-state index in [0.29, 0.717) is 11.6 Å². The molecule has 1 amide bonds. The van der Waals surface area contributed by atoms with Gasteiger partial charge in [0.15, 0.2) is 0 Å². The number of nitrogens with zero attached hydrogens (tertiary/aromatic N) is 2. The Hall–Kier alpha value is -1.72. The van der Waals surface area contributed by atoms with Crippen LogP contribution in [0.4, 0.5) is 0 Å². The zero-order chi connectivity index (χ0) is 14.4. The molecular weight excluding hydrogens is 282 g/mol. The van der Waals surface area contributed by atoms with Crippen molar-refractivity contribution in [3.8, 4) is 0 Å². The molecule has 2 aliphatic rings. The molecule has 0 saturated carbocycles. The fraction of sp³-hybridized carbons (Fsp3) is 0.375. The first kappa shape index (κ1) is 13.0. The van der Waals surface area contributed by atoms with E-state index in [1.165, 1.54) is 13.0 Å². The summed E-state index contributed by atoms with van der Waals surface area (Å²) in [5.41, 5.74) is 0.512. The summed E-state index contributed by atoms with van der Waals surface area (Å²) in [4.78, 5) is 20.2. The molecule has 5 heteroatoms. The topological polar surface area (TPSA) is 45.2 Å². The van der Waals surface area contributed by atoms with E-state index in [4.69, 9.17) is 0 Å². The largest absolute Gasteiger partial charge is 0.346 e. The van der Waals surface area contributed by atoms with E-state index in [2.05, 4.69) is 21.8 Å². The fourth-order valence-corrected chi connectivity index (χ4v) is 4.29. The van der Waals surface area contributed by atoms with Gasteiger partial charge < -0.3 is 10.2 Å². The lowest BCUT2D eigenvalue weighted by molar-refractivity contribution is 0.0919. The molecule has 21 heavy (non-hydrogen) atoms. The highest BCUT2D eigenvalue weighted by Crippen LogP contribution is 2.29. The average molecular weight is 299 g/mol. The van der Waals surface area contributed by atoms with Crippen LogP contribution in [0, 0.1) is 5.92 Å². The standard InChI is InChI=1S/C16H17N3OS/c1-2-12-5-11-7-17-13(6-15(11)21-12)16(20)18-14-9-19-4-3-10(14)8-19/h2,5-7,10,14H,1,3-4,8-9H2,(H,18,20)/t10-,14?/m0/s1. The van der Waals surface area contributed by atoms with Crippen molar-refractivity contribution in [1.29, 1.82) is 0 Å². The van der Waals surface area contributed by atoms with Crippen LogP contribution in [-0.4, -0.2) is 41.5 Å². The number of aromatic nitrogens is 1. The van der Waals surface area contributed by atoms with E-state index in [-0.39, 0.29) is 11.9 Å². The van der Waals surface area contributed by atoms with Crippen molar-refractivity contribution in [3.63, 3.8) is 0 Å². The molecule has 4 nitrogen and oxygen atoms in total. The molecule has 2 fully saturated rings. The molecule has 4 heterocycles. The van der Waals surface area contributed by atoms with E-state index in [1.807, 2.05) is 18.2 Å². The van der Waals surface area contributed by atoms with Crippen molar-refractivity contribution in [2.24, 2.45) is 5.92 Å². The number of hydrogen-bond donors (Lipinski definition) is 1. The zero-order valence-corrected chi connectivity index (χ0v) is 12.5. The van der Waals surface area contributed by atoms with Crippen LogP contribution in [-0.2, 0) is 0 Å². The molecule has 0 aromatic carbocycles. The maximum atomic E-state index is 12.4. The van der Waals surface area contributed by atoms with Crippen LogP contribution in [0.25, 0.3) is 16.2 Å². The number of amides is 1. The highest BCUT2D eigenvalue weighted by atomic mass is 32.1. The van der Waals surface area contributed by atoms with Crippen LogP contribution in [0.15, 0.2) is 24.9 Å². The molecule has 0 spiro atoms. The van der Waals surface area contributed by atoms with E-state index in [1.54, 1.807) is 17.5 Å². The Labute approximate surface area is 127 Å². The van der Waals surface area contributed by atoms with E-state index < -0.39 is 0 Å². The highest BCUT2D eigenvalue weighted by Gasteiger charge is 2.38. The summed E-state index contributed by atoms with van der Waals surface area (Å²) in [5.74, 6) is 0.566. The number of pyridine rings is 1. The minimum atomic E-state index is -0.0517. The van der Waals surface area contributed by atoms with Crippen molar-refractivity contribution in [3.05, 3.63) is 35.5 Å². The van der Waals surface area contributed by atoms with Crippen LogP contribution in [0.2, 0.25) is 0 Å². The maximum absolute atomic E-state index is 12.4. The summed E-state index contributed by atoms with van der Waals surface area (Å²) in [6.07, 6.45) is 4.80. The number of carbonyl (C=O) groups excluding carboxylic acids is 1. The van der Waals surface area contributed by atoms with Crippen LogP contribution in [0.3, 0.4) is 0 Å². The third-order valence-electron chi connectivity index (χ3n) is 4.50. The lowest BCUT2D eigenvalue weighted by Gasteiger charge is -2.22. The molecule has 0 radical (unpaired) electrons. The SMILES string of the molecule is C=Cc1cc2cnc(C(=O)NC3CN4CC[C@H]3C4)cc2s1. The fourth-order valence-electron chi connectivity index (χ4n) is 3.37. The van der Waals surface area contributed by atoms with Crippen molar-refractivity contribution >= 4 is 33.4 Å². The Kier molecular flexibility index (Phi) is 3.05. The summed E-state index contributed by atoms with van der Waals surface area (Å²) < 4.78 is 1.08. The molecule has 2 aliphatic heterocycles. The number of fused-ring (bicyclic) bond motifs is 3. The molecule has 0 aliphatic carbocycles. The molecular formula is C16H17N3OS. The van der Waals surface area contributed by atoms with Crippen molar-refractivity contribution in [1.82, 2.24) is 15.2 Å². The highest BCUT2D eigenvalue weighted by molar-refractivity contribution is 7.19. The number of rotatable bonds is 3. The normalized spacial score (nSPS) is 27.1. The predicted octanol–water partition coefficient (Wildman–Crippen LogP) is 2.37. The van der Waals surface area contributed by atoms with Gasteiger partial charge >= 0.3 is 0 Å². The first-order valence-electron chi connectivity index (χ1n) is 7.28. The minimum Gasteiger partial charge on any atom is -0.346 e. The third-order valence-corrected chi connectivity index (χ3v) is 5.60. The Morgan fingerprint density at radius 2 is 2.38 bits per heavy atom. The molecule has 2 unspecified atom stereocenters. The van der Waals surface area contributed by atoms with Crippen LogP contribution in [0.1, 0.15) is 21.8 Å². The molecule has 108 valence electrons. The summed E-state index contributed by atoms with van der Waals surface area (Å²) in [6.45, 7) is 7.08. The van der Waals surface area contributed by atoms with Crippen molar-refractivity contribution in [2.75, 3.05) is 19.6 Å². The molecule has 2 saturated heterocycles. The summed E-state index contributed by atoms with van der Waals surface area (Å²) in [6, 6.07) is 4.22. The van der Waals surface area contributed by atoms with E-state index in [0.717, 1.165) is 28.1 Å². The average Bonchev–Trinajstić information content (AvgIpc) is 3.20. The second-order valence-corrected chi connectivity index (χ2v) is 6.96. The number of piperidine rings is 1. The van der Waals surface area contributed by atoms with Gasteiger partial charge in [0, 0.05) is 40.3 Å². The maximum Gasteiger partial charge on any atom is 0.270 e. The van der Waals surface area contributed by atoms with E-state index >= 15 is 0 Å². The van der Waals surface area contributed by atoms with Gasteiger partial charge in [-0.1, -0.05) is 12.7 Å². The first-order chi connectivity index (χ1) is 10.2. The van der Waals surface area contributed by atoms with Gasteiger partial charge in [0.1, 0.15) is 5.69 Å². The second kappa shape index (κ2) is 4.93. The van der Waals surface area contributed by atoms with Gasteiger partial charge in [-0.15, -0.1) is 11.3 Å². The quantitative estimate of drug-likeness (QED) is 0.946. The Morgan fingerprint density at radius 1 is 1.48 bits per heavy atom. The Morgan fingerprint density at radius 3 is 3.10 bits per heavy atom. The number of hydrogen-bond acceptors (Lipinski definition) is 4. The molecule has 1 N–H and O–H groups in total.